The number of aliphatic hydroxyl groups excluding tert-OH is 2. The second kappa shape index (κ2) is 27.5. The van der Waals surface area contributed by atoms with Crippen LogP contribution in [-0.4, -0.2) is 153 Å². The number of nitrogens with one attached hydrogen (secondary N) is 2. The monoisotopic (exact) mass is 863 g/mol. The van der Waals surface area contributed by atoms with Gasteiger partial charge in [-0.05, 0) is 60.8 Å². The normalized spacial score (nSPS) is 15.6. The Hall–Kier alpha value is -2.29. The summed E-state index contributed by atoms with van der Waals surface area (Å²) in [5, 5.41) is 23.7. The zero-order valence-corrected chi connectivity index (χ0v) is 35.3. The SMILES string of the molecule is CCCCOCCOCCOCCCC(=O)[C@@H](O)[C@H](O)C(=O)NCCOCCOCCOCCNS(=O)(=O)c1cccc(C2CN(C)Cc3c(Cl)cc(Cl)cc32)c1. The van der Waals surface area contributed by atoms with E-state index in [9.17, 15) is 28.2 Å². The molecule has 2 aromatic rings. The molecule has 3 rings (SSSR count). The molecule has 57 heavy (non-hydrogen) atoms. The molecule has 1 aliphatic heterocycles. The number of rotatable bonds is 31. The Kier molecular flexibility index (Phi) is 23.6. The summed E-state index contributed by atoms with van der Waals surface area (Å²) in [6, 6.07) is 10.5. The van der Waals surface area contributed by atoms with Crippen LogP contribution in [0.25, 0.3) is 0 Å². The van der Waals surface area contributed by atoms with Gasteiger partial charge in [0, 0.05) is 61.8 Å². The highest BCUT2D eigenvalue weighted by Gasteiger charge is 2.30. The summed E-state index contributed by atoms with van der Waals surface area (Å²) in [5.41, 5.74) is 2.83. The molecule has 4 N–H and O–H groups in total. The minimum atomic E-state index is -3.79. The number of hydrogen-bond donors (Lipinski definition) is 4. The predicted octanol–water partition coefficient (Wildman–Crippen LogP) is 2.94. The Bertz CT molecular complexity index is 1610. The molecule has 0 spiro atoms. The number of sulfonamides is 1. The van der Waals surface area contributed by atoms with Crippen molar-refractivity contribution in [1.82, 2.24) is 14.9 Å². The lowest BCUT2D eigenvalue weighted by atomic mass is 9.85. The van der Waals surface area contributed by atoms with Gasteiger partial charge in [-0.2, -0.15) is 0 Å². The zero-order chi connectivity index (χ0) is 41.5. The van der Waals surface area contributed by atoms with Crippen LogP contribution in [0.15, 0.2) is 41.3 Å². The highest BCUT2D eigenvalue weighted by atomic mass is 35.5. The van der Waals surface area contributed by atoms with Crippen molar-refractivity contribution in [3.05, 3.63) is 63.1 Å². The second-order valence-corrected chi connectivity index (χ2v) is 16.1. The van der Waals surface area contributed by atoms with Gasteiger partial charge < -0.3 is 48.9 Å². The Morgan fingerprint density at radius 2 is 1.39 bits per heavy atom. The van der Waals surface area contributed by atoms with Crippen molar-refractivity contribution in [2.75, 3.05) is 106 Å². The van der Waals surface area contributed by atoms with Gasteiger partial charge in [-0.3, -0.25) is 9.59 Å². The molecule has 0 saturated carbocycles. The minimum Gasteiger partial charge on any atom is -0.382 e. The number of halogens is 2. The number of likely N-dealkylation sites (N-methyl/N-ethyl adjacent to an activating group) is 1. The number of fused-ring (bicyclic) bond motifs is 1. The van der Waals surface area contributed by atoms with Gasteiger partial charge in [-0.15, -0.1) is 0 Å². The number of unbranched alkanes of at least 4 members (excludes halogenated alkanes) is 1. The molecule has 1 amide bonds. The molecule has 0 radical (unpaired) electrons. The van der Waals surface area contributed by atoms with Crippen LogP contribution in [0.2, 0.25) is 10.0 Å². The van der Waals surface area contributed by atoms with Gasteiger partial charge in [0.25, 0.3) is 5.91 Å². The Morgan fingerprint density at radius 3 is 2.02 bits per heavy atom. The van der Waals surface area contributed by atoms with Gasteiger partial charge in [0.15, 0.2) is 11.9 Å². The molecule has 322 valence electrons. The molecule has 0 saturated heterocycles. The fourth-order valence-corrected chi connectivity index (χ4v) is 7.49. The molecular weight excluding hydrogens is 805 g/mol. The fourth-order valence-electron chi connectivity index (χ4n) is 5.86. The number of carbonyl (C=O) groups is 2. The number of nitrogens with zero attached hydrogens (tertiary/aromatic N) is 1. The summed E-state index contributed by atoms with van der Waals surface area (Å²) >= 11 is 12.8. The van der Waals surface area contributed by atoms with Crippen LogP contribution in [0.3, 0.4) is 0 Å². The quantitative estimate of drug-likeness (QED) is 0.0811. The third-order valence-electron chi connectivity index (χ3n) is 8.89. The number of hydrogen-bond acceptors (Lipinski definition) is 13. The topological polar surface area (TPSA) is 191 Å². The molecule has 3 atom stereocenters. The van der Waals surface area contributed by atoms with Crippen molar-refractivity contribution in [3.63, 3.8) is 0 Å². The highest BCUT2D eigenvalue weighted by Crippen LogP contribution is 2.38. The molecule has 2 aromatic carbocycles. The summed E-state index contributed by atoms with van der Waals surface area (Å²) in [5.74, 6) is -1.64. The third kappa shape index (κ3) is 18.2. The second-order valence-electron chi connectivity index (χ2n) is 13.5. The summed E-state index contributed by atoms with van der Waals surface area (Å²) < 4.78 is 61.2. The molecule has 1 heterocycles. The summed E-state index contributed by atoms with van der Waals surface area (Å²) in [7, 11) is -1.80. The number of carbonyl (C=O) groups excluding carboxylic acids is 2. The predicted molar refractivity (Wildman–Crippen MR) is 215 cm³/mol. The van der Waals surface area contributed by atoms with Gasteiger partial charge in [-0.1, -0.05) is 48.7 Å². The lowest BCUT2D eigenvalue weighted by molar-refractivity contribution is -0.145. The maximum atomic E-state index is 13.1. The van der Waals surface area contributed by atoms with E-state index in [-0.39, 0.29) is 76.6 Å². The first-order chi connectivity index (χ1) is 27.4. The van der Waals surface area contributed by atoms with E-state index in [0.717, 1.165) is 36.1 Å². The molecule has 0 fully saturated rings. The standard InChI is InChI=1S/C39H59Cl2N3O12S/c1-3-4-12-51-16-20-55-21-17-52-13-6-9-36(45)37(46)38(47)39(48)42-10-14-53-18-22-56-23-19-54-15-11-43-57(49,50)31-8-5-7-29(24-31)33-27-44(2)28-34-32(33)25-30(40)26-35(34)41/h5,7-8,24-26,33,37-38,43,46-47H,3-4,6,9-23,27-28H2,1-2H3,(H,42,48)/t33?,37-,38+/m1/s1. The number of ether oxygens (including phenoxy) is 6. The average Bonchev–Trinajstić information content (AvgIpc) is 3.19. The first-order valence-electron chi connectivity index (χ1n) is 19.3. The van der Waals surface area contributed by atoms with Gasteiger partial charge >= 0.3 is 0 Å². The van der Waals surface area contributed by atoms with Crippen molar-refractivity contribution < 1.29 is 56.6 Å². The molecule has 0 bridgehead atoms. The van der Waals surface area contributed by atoms with Crippen molar-refractivity contribution in [3.8, 4) is 0 Å². The van der Waals surface area contributed by atoms with Crippen molar-refractivity contribution >= 4 is 44.9 Å². The molecule has 1 aliphatic rings. The maximum Gasteiger partial charge on any atom is 0.252 e. The molecule has 15 nitrogen and oxygen atoms in total. The van der Waals surface area contributed by atoms with Crippen molar-refractivity contribution in [1.29, 1.82) is 0 Å². The Labute approximate surface area is 346 Å². The van der Waals surface area contributed by atoms with Gasteiger partial charge in [0.2, 0.25) is 10.0 Å². The summed E-state index contributed by atoms with van der Waals surface area (Å²) in [6.45, 7) is 7.59. The van der Waals surface area contributed by atoms with E-state index in [1.54, 1.807) is 24.3 Å². The van der Waals surface area contributed by atoms with Crippen LogP contribution in [0.4, 0.5) is 0 Å². The Morgan fingerprint density at radius 1 is 0.807 bits per heavy atom. The van der Waals surface area contributed by atoms with E-state index in [1.165, 1.54) is 0 Å². The van der Waals surface area contributed by atoms with Crippen LogP contribution in [0, 0.1) is 0 Å². The molecule has 1 unspecified atom stereocenters. The highest BCUT2D eigenvalue weighted by molar-refractivity contribution is 7.89. The number of ketones is 1. The zero-order valence-electron chi connectivity index (χ0n) is 32.9. The number of Topliss-reactive ketones (excluding diaryl/α,β-unsaturated/α-hetero) is 1. The largest absolute Gasteiger partial charge is 0.382 e. The van der Waals surface area contributed by atoms with E-state index in [0.29, 0.717) is 56.0 Å². The first-order valence-corrected chi connectivity index (χ1v) is 21.6. The van der Waals surface area contributed by atoms with Gasteiger partial charge in [0.1, 0.15) is 6.10 Å². The van der Waals surface area contributed by atoms with E-state index in [4.69, 9.17) is 51.6 Å². The molecule has 0 aliphatic carbocycles. The summed E-state index contributed by atoms with van der Waals surface area (Å²) in [6.07, 6.45) is -1.36. The van der Waals surface area contributed by atoms with Crippen LogP contribution < -0.4 is 10.0 Å². The average molecular weight is 865 g/mol. The maximum absolute atomic E-state index is 13.1. The minimum absolute atomic E-state index is 0.0521. The third-order valence-corrected chi connectivity index (χ3v) is 10.9. The smallest absolute Gasteiger partial charge is 0.252 e. The van der Waals surface area contributed by atoms with Crippen molar-refractivity contribution in [2.24, 2.45) is 0 Å². The fraction of sp³-hybridized carbons (Fsp3) is 0.641. The van der Waals surface area contributed by atoms with Crippen LogP contribution in [0.1, 0.15) is 55.2 Å². The summed E-state index contributed by atoms with van der Waals surface area (Å²) in [4.78, 5) is 26.6. The lowest BCUT2D eigenvalue weighted by Gasteiger charge is -2.33. The number of amides is 1. The number of aliphatic hydroxyl groups is 2. The van der Waals surface area contributed by atoms with Crippen LogP contribution in [0.5, 0.6) is 0 Å². The lowest BCUT2D eigenvalue weighted by Crippen LogP contribution is -2.46. The Balaban J connectivity index is 1.18. The molecule has 18 heteroatoms. The van der Waals surface area contributed by atoms with Crippen LogP contribution >= 0.6 is 23.2 Å². The van der Waals surface area contributed by atoms with E-state index < -0.39 is 33.9 Å². The van der Waals surface area contributed by atoms with E-state index in [1.807, 2.05) is 19.2 Å². The van der Waals surface area contributed by atoms with E-state index in [2.05, 4.69) is 21.9 Å². The van der Waals surface area contributed by atoms with Crippen LogP contribution in [-0.2, 0) is 54.6 Å². The molecular formula is C39H59Cl2N3O12S. The van der Waals surface area contributed by atoms with E-state index >= 15 is 0 Å². The number of benzene rings is 2. The molecule has 0 aromatic heterocycles. The van der Waals surface area contributed by atoms with Crippen molar-refractivity contribution in [2.45, 2.75) is 62.2 Å². The van der Waals surface area contributed by atoms with Gasteiger partial charge in [0.05, 0.1) is 71.0 Å². The first kappa shape index (κ1) is 49.1. The van der Waals surface area contributed by atoms with Gasteiger partial charge in [-0.25, -0.2) is 13.1 Å².